The van der Waals surface area contributed by atoms with Crippen molar-refractivity contribution in [2.24, 2.45) is 0 Å². The summed E-state index contributed by atoms with van der Waals surface area (Å²) in [5.74, 6) is 0.418. The van der Waals surface area contributed by atoms with Gasteiger partial charge < -0.3 is 19.9 Å². The molecule has 1 aliphatic heterocycles. The second kappa shape index (κ2) is 7.08. The second-order valence-electron chi connectivity index (χ2n) is 5.15. The number of carbonyl (C=O) groups excluding carboxylic acids is 2. The molecule has 0 aromatic heterocycles. The third kappa shape index (κ3) is 4.19. The number of benzene rings is 1. The molecule has 1 aromatic carbocycles. The summed E-state index contributed by atoms with van der Waals surface area (Å²) in [4.78, 5) is 27.2. The lowest BCUT2D eigenvalue weighted by Crippen LogP contribution is -2.47. The van der Waals surface area contributed by atoms with Crippen LogP contribution in [0.4, 0.5) is 0 Å². The van der Waals surface area contributed by atoms with E-state index < -0.39 is 0 Å². The van der Waals surface area contributed by atoms with E-state index in [1.165, 1.54) is 4.90 Å². The molecule has 2 amide bonds. The highest BCUT2D eigenvalue weighted by Gasteiger charge is 2.16. The molecule has 0 radical (unpaired) electrons. The van der Waals surface area contributed by atoms with Gasteiger partial charge in [-0.1, -0.05) is 6.07 Å². The fraction of sp³-hybridized carbons (Fsp3) is 0.467. The van der Waals surface area contributed by atoms with Gasteiger partial charge in [-0.25, -0.2) is 0 Å². The molecule has 6 heteroatoms. The van der Waals surface area contributed by atoms with Crippen molar-refractivity contribution in [1.82, 2.24) is 15.1 Å². The summed E-state index contributed by atoms with van der Waals surface area (Å²) in [5, 5.41) is 3.20. The van der Waals surface area contributed by atoms with Crippen LogP contribution in [0.1, 0.15) is 10.4 Å². The first kappa shape index (κ1) is 15.3. The molecular formula is C15H21N3O3. The van der Waals surface area contributed by atoms with E-state index in [-0.39, 0.29) is 18.4 Å². The molecule has 0 unspecified atom stereocenters. The van der Waals surface area contributed by atoms with Gasteiger partial charge in [-0.2, -0.15) is 0 Å². The van der Waals surface area contributed by atoms with Gasteiger partial charge in [-0.15, -0.1) is 0 Å². The smallest absolute Gasteiger partial charge is 0.260 e. The van der Waals surface area contributed by atoms with Crippen LogP contribution in [0.2, 0.25) is 0 Å². The SMILES string of the molecule is CN(C)C(=O)c1cccc(OCC(=O)N2CCNCC2)c1. The van der Waals surface area contributed by atoms with Crippen LogP contribution in [0.3, 0.4) is 0 Å². The third-order valence-electron chi connectivity index (χ3n) is 3.32. The normalized spacial score (nSPS) is 14.7. The summed E-state index contributed by atoms with van der Waals surface area (Å²) in [6, 6.07) is 6.89. The van der Waals surface area contributed by atoms with E-state index in [4.69, 9.17) is 4.74 Å². The van der Waals surface area contributed by atoms with Crippen LogP contribution in [0.5, 0.6) is 5.75 Å². The maximum Gasteiger partial charge on any atom is 0.260 e. The minimum Gasteiger partial charge on any atom is -0.484 e. The Morgan fingerprint density at radius 3 is 2.67 bits per heavy atom. The number of nitrogens with zero attached hydrogens (tertiary/aromatic N) is 2. The summed E-state index contributed by atoms with van der Waals surface area (Å²) in [5.41, 5.74) is 0.548. The lowest BCUT2D eigenvalue weighted by molar-refractivity contribution is -0.133. The Morgan fingerprint density at radius 2 is 2.00 bits per heavy atom. The number of hydrogen-bond donors (Lipinski definition) is 1. The summed E-state index contributed by atoms with van der Waals surface area (Å²) in [6.45, 7) is 3.05. The maximum atomic E-state index is 12.0. The van der Waals surface area contributed by atoms with E-state index in [2.05, 4.69) is 5.32 Å². The molecule has 114 valence electrons. The molecule has 21 heavy (non-hydrogen) atoms. The summed E-state index contributed by atoms with van der Waals surface area (Å²) in [7, 11) is 3.40. The fourth-order valence-electron chi connectivity index (χ4n) is 2.13. The molecule has 0 atom stereocenters. The van der Waals surface area contributed by atoms with E-state index in [1.54, 1.807) is 43.3 Å². The van der Waals surface area contributed by atoms with Crippen LogP contribution in [0, 0.1) is 0 Å². The number of piperazine rings is 1. The predicted octanol–water partition coefficient (Wildman–Crippen LogP) is 0.199. The fourth-order valence-corrected chi connectivity index (χ4v) is 2.13. The number of rotatable bonds is 4. The van der Waals surface area contributed by atoms with Gasteiger partial charge in [0.2, 0.25) is 0 Å². The summed E-state index contributed by atoms with van der Waals surface area (Å²) >= 11 is 0. The number of amides is 2. The molecule has 0 bridgehead atoms. The van der Waals surface area contributed by atoms with Crippen LogP contribution < -0.4 is 10.1 Å². The highest BCUT2D eigenvalue weighted by molar-refractivity contribution is 5.94. The average Bonchev–Trinajstić information content (AvgIpc) is 2.53. The highest BCUT2D eigenvalue weighted by Crippen LogP contribution is 2.14. The molecule has 1 N–H and O–H groups in total. The molecule has 1 heterocycles. The minimum atomic E-state index is -0.0890. The van der Waals surface area contributed by atoms with Gasteiger partial charge in [0.05, 0.1) is 0 Å². The molecule has 6 nitrogen and oxygen atoms in total. The Balaban J connectivity index is 1.92. The van der Waals surface area contributed by atoms with E-state index in [1.807, 2.05) is 0 Å². The minimum absolute atomic E-state index is 0.000389. The van der Waals surface area contributed by atoms with Crippen molar-refractivity contribution in [2.75, 3.05) is 46.9 Å². The lowest BCUT2D eigenvalue weighted by atomic mass is 10.2. The molecule has 0 saturated carbocycles. The topological polar surface area (TPSA) is 61.9 Å². The Labute approximate surface area is 124 Å². The third-order valence-corrected chi connectivity index (χ3v) is 3.32. The molecule has 0 spiro atoms. The first-order valence-corrected chi connectivity index (χ1v) is 7.01. The monoisotopic (exact) mass is 291 g/mol. The molecule has 1 saturated heterocycles. The Bertz CT molecular complexity index is 511. The van der Waals surface area contributed by atoms with Gasteiger partial charge in [0.1, 0.15) is 5.75 Å². The van der Waals surface area contributed by atoms with Gasteiger partial charge in [-0.3, -0.25) is 9.59 Å². The molecule has 0 aliphatic carbocycles. The van der Waals surface area contributed by atoms with Crippen molar-refractivity contribution in [3.05, 3.63) is 29.8 Å². The molecule has 1 fully saturated rings. The summed E-state index contributed by atoms with van der Waals surface area (Å²) in [6.07, 6.45) is 0. The van der Waals surface area contributed by atoms with Crippen LogP contribution in [0.15, 0.2) is 24.3 Å². The maximum absolute atomic E-state index is 12.0. The second-order valence-corrected chi connectivity index (χ2v) is 5.15. The Morgan fingerprint density at radius 1 is 1.29 bits per heavy atom. The number of hydrogen-bond acceptors (Lipinski definition) is 4. The van der Waals surface area contributed by atoms with Crippen molar-refractivity contribution in [2.45, 2.75) is 0 Å². The average molecular weight is 291 g/mol. The van der Waals surface area contributed by atoms with E-state index in [0.717, 1.165) is 13.1 Å². The zero-order valence-electron chi connectivity index (χ0n) is 12.5. The van der Waals surface area contributed by atoms with E-state index in [0.29, 0.717) is 24.4 Å². The standard InChI is InChI=1S/C15H21N3O3/c1-17(2)15(20)12-4-3-5-13(10-12)21-11-14(19)18-8-6-16-7-9-18/h3-5,10,16H,6-9,11H2,1-2H3. The van der Waals surface area contributed by atoms with Crippen LogP contribution >= 0.6 is 0 Å². The van der Waals surface area contributed by atoms with Crippen LogP contribution in [-0.2, 0) is 4.79 Å². The van der Waals surface area contributed by atoms with Gasteiger partial charge in [0, 0.05) is 45.8 Å². The lowest BCUT2D eigenvalue weighted by Gasteiger charge is -2.27. The van der Waals surface area contributed by atoms with Crippen molar-refractivity contribution >= 4 is 11.8 Å². The molecular weight excluding hydrogens is 270 g/mol. The number of nitrogens with one attached hydrogen (secondary N) is 1. The van der Waals surface area contributed by atoms with Gasteiger partial charge in [0.15, 0.2) is 6.61 Å². The summed E-state index contributed by atoms with van der Waals surface area (Å²) < 4.78 is 5.51. The quantitative estimate of drug-likeness (QED) is 0.861. The van der Waals surface area contributed by atoms with Gasteiger partial charge in [0.25, 0.3) is 11.8 Å². The van der Waals surface area contributed by atoms with E-state index >= 15 is 0 Å². The first-order chi connectivity index (χ1) is 10.1. The van der Waals surface area contributed by atoms with Crippen molar-refractivity contribution in [1.29, 1.82) is 0 Å². The first-order valence-electron chi connectivity index (χ1n) is 7.01. The van der Waals surface area contributed by atoms with Gasteiger partial charge >= 0.3 is 0 Å². The van der Waals surface area contributed by atoms with E-state index in [9.17, 15) is 9.59 Å². The van der Waals surface area contributed by atoms with Gasteiger partial charge in [-0.05, 0) is 18.2 Å². The Kier molecular flexibility index (Phi) is 5.16. The predicted molar refractivity (Wildman–Crippen MR) is 79.4 cm³/mol. The van der Waals surface area contributed by atoms with Crippen LogP contribution in [-0.4, -0.2) is 68.5 Å². The molecule has 1 aromatic rings. The Hall–Kier alpha value is -2.08. The zero-order chi connectivity index (χ0) is 15.2. The largest absolute Gasteiger partial charge is 0.484 e. The van der Waals surface area contributed by atoms with Crippen molar-refractivity contribution < 1.29 is 14.3 Å². The highest BCUT2D eigenvalue weighted by atomic mass is 16.5. The molecule has 2 rings (SSSR count). The molecule has 1 aliphatic rings. The number of ether oxygens (including phenoxy) is 1. The number of carbonyl (C=O) groups is 2. The van der Waals surface area contributed by atoms with Crippen molar-refractivity contribution in [3.63, 3.8) is 0 Å². The van der Waals surface area contributed by atoms with Crippen LogP contribution in [0.25, 0.3) is 0 Å². The van der Waals surface area contributed by atoms with Crippen molar-refractivity contribution in [3.8, 4) is 5.75 Å². The zero-order valence-corrected chi connectivity index (χ0v) is 12.5.